The van der Waals surface area contributed by atoms with Crippen molar-refractivity contribution in [2.45, 2.75) is 51.9 Å². The molecule has 3 atom stereocenters. The van der Waals surface area contributed by atoms with Crippen LogP contribution in [0.25, 0.3) is 0 Å². The maximum Gasteiger partial charge on any atom is 0.246 e. The molecule has 5 nitrogen and oxygen atoms in total. The second kappa shape index (κ2) is 6.32. The molecular formula is C18H25N3O2. The Morgan fingerprint density at radius 1 is 1.35 bits per heavy atom. The molecule has 0 unspecified atom stereocenters. The molecule has 3 rings (SSSR count). The first-order valence-electron chi connectivity index (χ1n) is 8.35. The summed E-state index contributed by atoms with van der Waals surface area (Å²) >= 11 is 0. The number of nitrogens with zero attached hydrogens (tertiary/aromatic N) is 1. The molecule has 0 bridgehead atoms. The van der Waals surface area contributed by atoms with E-state index >= 15 is 0 Å². The van der Waals surface area contributed by atoms with Crippen molar-refractivity contribution in [2.75, 3.05) is 6.54 Å². The van der Waals surface area contributed by atoms with Gasteiger partial charge < -0.3 is 15.5 Å². The van der Waals surface area contributed by atoms with Crippen molar-refractivity contribution in [2.24, 2.45) is 5.92 Å². The standard InChI is InChI=1S/C18H25N3O2/c1-11(2)16-18(23)21-10-14(8-15(21)17(22)20-16)19-9-13-6-4-5-12(3)7-13/h4-7,11,14-16,19H,8-10H2,1-3H3,(H,20,22)/t14-,15-,16+/m0/s1. The highest BCUT2D eigenvalue weighted by Gasteiger charge is 2.46. The summed E-state index contributed by atoms with van der Waals surface area (Å²) in [5, 5.41) is 6.37. The Morgan fingerprint density at radius 2 is 2.13 bits per heavy atom. The minimum absolute atomic E-state index is 0.0110. The molecule has 2 saturated heterocycles. The van der Waals surface area contributed by atoms with Crippen LogP contribution in [0.5, 0.6) is 0 Å². The molecule has 2 amide bonds. The van der Waals surface area contributed by atoms with Gasteiger partial charge >= 0.3 is 0 Å². The van der Waals surface area contributed by atoms with Crippen molar-refractivity contribution in [3.05, 3.63) is 35.4 Å². The van der Waals surface area contributed by atoms with E-state index in [9.17, 15) is 9.59 Å². The monoisotopic (exact) mass is 315 g/mol. The Bertz CT molecular complexity index is 614. The molecule has 0 aliphatic carbocycles. The molecular weight excluding hydrogens is 290 g/mol. The van der Waals surface area contributed by atoms with Gasteiger partial charge in [0.15, 0.2) is 0 Å². The van der Waals surface area contributed by atoms with E-state index in [-0.39, 0.29) is 35.9 Å². The first-order valence-corrected chi connectivity index (χ1v) is 8.35. The highest BCUT2D eigenvalue weighted by Crippen LogP contribution is 2.25. The minimum Gasteiger partial charge on any atom is -0.342 e. The Balaban J connectivity index is 1.63. The lowest BCUT2D eigenvalue weighted by Crippen LogP contribution is -2.62. The molecule has 2 aliphatic rings. The SMILES string of the molecule is Cc1cccc(CN[C@H]2C[C@H]3C(=O)N[C@H](C(C)C)C(=O)N3C2)c1. The molecule has 23 heavy (non-hydrogen) atoms. The second-order valence-corrected chi connectivity index (χ2v) is 7.04. The minimum atomic E-state index is -0.380. The number of hydrogen-bond acceptors (Lipinski definition) is 3. The average Bonchev–Trinajstić information content (AvgIpc) is 2.94. The summed E-state index contributed by atoms with van der Waals surface area (Å²) in [6.07, 6.45) is 0.689. The van der Waals surface area contributed by atoms with Gasteiger partial charge in [0.2, 0.25) is 11.8 Å². The van der Waals surface area contributed by atoms with Crippen LogP contribution in [0.15, 0.2) is 24.3 Å². The van der Waals surface area contributed by atoms with E-state index in [0.29, 0.717) is 13.0 Å². The smallest absolute Gasteiger partial charge is 0.246 e. The van der Waals surface area contributed by atoms with Gasteiger partial charge in [-0.05, 0) is 24.8 Å². The van der Waals surface area contributed by atoms with Gasteiger partial charge in [0.1, 0.15) is 12.1 Å². The average molecular weight is 315 g/mol. The van der Waals surface area contributed by atoms with Gasteiger partial charge in [0.05, 0.1) is 0 Å². The second-order valence-electron chi connectivity index (χ2n) is 7.04. The highest BCUT2D eigenvalue weighted by molar-refractivity contribution is 5.97. The molecule has 1 aromatic carbocycles. The summed E-state index contributed by atoms with van der Waals surface area (Å²) in [7, 11) is 0. The number of carbonyl (C=O) groups excluding carboxylic acids is 2. The Kier molecular flexibility index (Phi) is 4.39. The number of nitrogens with one attached hydrogen (secondary N) is 2. The van der Waals surface area contributed by atoms with Crippen LogP contribution in [-0.4, -0.2) is 41.4 Å². The van der Waals surface area contributed by atoms with Crippen LogP contribution >= 0.6 is 0 Å². The number of aryl methyl sites for hydroxylation is 1. The van der Waals surface area contributed by atoms with Gasteiger partial charge in [-0.1, -0.05) is 43.7 Å². The van der Waals surface area contributed by atoms with Crippen LogP contribution in [0.1, 0.15) is 31.4 Å². The predicted molar refractivity (Wildman–Crippen MR) is 88.7 cm³/mol. The Labute approximate surface area is 137 Å². The first kappa shape index (κ1) is 16.0. The summed E-state index contributed by atoms with van der Waals surface area (Å²) in [6, 6.07) is 7.85. The summed E-state index contributed by atoms with van der Waals surface area (Å²) < 4.78 is 0. The van der Waals surface area contributed by atoms with Crippen LogP contribution in [0.2, 0.25) is 0 Å². The fraction of sp³-hybridized carbons (Fsp3) is 0.556. The van der Waals surface area contributed by atoms with Gasteiger partial charge in [-0.15, -0.1) is 0 Å². The molecule has 2 heterocycles. The van der Waals surface area contributed by atoms with Crippen molar-refractivity contribution >= 4 is 11.8 Å². The molecule has 5 heteroatoms. The fourth-order valence-corrected chi connectivity index (χ4v) is 3.50. The first-order chi connectivity index (χ1) is 11.0. The number of carbonyl (C=O) groups is 2. The van der Waals surface area contributed by atoms with Crippen LogP contribution in [0.4, 0.5) is 0 Å². The zero-order valence-electron chi connectivity index (χ0n) is 14.0. The molecule has 1 aromatic rings. The van der Waals surface area contributed by atoms with Crippen molar-refractivity contribution in [3.63, 3.8) is 0 Å². The van der Waals surface area contributed by atoms with Gasteiger partial charge in [-0.2, -0.15) is 0 Å². The van der Waals surface area contributed by atoms with E-state index in [1.54, 1.807) is 4.90 Å². The van der Waals surface area contributed by atoms with E-state index in [1.165, 1.54) is 11.1 Å². The maximum atomic E-state index is 12.5. The largest absolute Gasteiger partial charge is 0.342 e. The van der Waals surface area contributed by atoms with Gasteiger partial charge in [-0.25, -0.2) is 0 Å². The molecule has 2 aliphatic heterocycles. The molecule has 124 valence electrons. The lowest BCUT2D eigenvalue weighted by atomic mass is 9.98. The zero-order valence-corrected chi connectivity index (χ0v) is 14.0. The zero-order chi connectivity index (χ0) is 16.6. The Morgan fingerprint density at radius 3 is 2.83 bits per heavy atom. The van der Waals surface area contributed by atoms with E-state index in [0.717, 1.165) is 6.54 Å². The van der Waals surface area contributed by atoms with Crippen LogP contribution in [0.3, 0.4) is 0 Å². The van der Waals surface area contributed by atoms with E-state index < -0.39 is 0 Å². The van der Waals surface area contributed by atoms with Crippen LogP contribution in [0, 0.1) is 12.8 Å². The number of hydrogen-bond donors (Lipinski definition) is 2. The summed E-state index contributed by atoms with van der Waals surface area (Å²) in [6.45, 7) is 7.39. The molecule has 2 fully saturated rings. The van der Waals surface area contributed by atoms with Crippen molar-refractivity contribution in [1.29, 1.82) is 0 Å². The van der Waals surface area contributed by atoms with E-state index in [4.69, 9.17) is 0 Å². The van der Waals surface area contributed by atoms with Crippen molar-refractivity contribution in [3.8, 4) is 0 Å². The summed E-state index contributed by atoms with van der Waals surface area (Å²) in [5.74, 6) is 0.166. The normalized spacial score (nSPS) is 27.3. The lowest BCUT2D eigenvalue weighted by molar-refractivity contribution is -0.148. The quantitative estimate of drug-likeness (QED) is 0.878. The van der Waals surface area contributed by atoms with E-state index in [1.807, 2.05) is 13.8 Å². The van der Waals surface area contributed by atoms with Crippen molar-refractivity contribution < 1.29 is 9.59 Å². The molecule has 0 spiro atoms. The Hall–Kier alpha value is -1.88. The number of piperazine rings is 1. The third-order valence-corrected chi connectivity index (χ3v) is 4.79. The summed E-state index contributed by atoms with van der Waals surface area (Å²) in [5.41, 5.74) is 2.47. The fourth-order valence-electron chi connectivity index (χ4n) is 3.50. The van der Waals surface area contributed by atoms with Gasteiger partial charge in [-0.3, -0.25) is 9.59 Å². The topological polar surface area (TPSA) is 61.4 Å². The summed E-state index contributed by atoms with van der Waals surface area (Å²) in [4.78, 5) is 26.6. The van der Waals surface area contributed by atoms with Crippen LogP contribution < -0.4 is 10.6 Å². The van der Waals surface area contributed by atoms with Crippen LogP contribution in [-0.2, 0) is 16.1 Å². The lowest BCUT2D eigenvalue weighted by Gasteiger charge is -2.36. The molecule has 0 aromatic heterocycles. The third kappa shape index (κ3) is 3.24. The highest BCUT2D eigenvalue weighted by atomic mass is 16.2. The molecule has 0 saturated carbocycles. The number of amides is 2. The number of rotatable bonds is 4. The van der Waals surface area contributed by atoms with Crippen molar-refractivity contribution in [1.82, 2.24) is 15.5 Å². The molecule has 2 N–H and O–H groups in total. The number of benzene rings is 1. The number of fused-ring (bicyclic) bond motifs is 1. The van der Waals surface area contributed by atoms with Gasteiger partial charge in [0, 0.05) is 19.1 Å². The predicted octanol–water partition coefficient (Wildman–Crippen LogP) is 1.21. The van der Waals surface area contributed by atoms with Gasteiger partial charge in [0.25, 0.3) is 0 Å². The molecule has 0 radical (unpaired) electrons. The van der Waals surface area contributed by atoms with E-state index in [2.05, 4.69) is 41.8 Å². The maximum absolute atomic E-state index is 12.5. The third-order valence-electron chi connectivity index (χ3n) is 4.79.